The van der Waals surface area contributed by atoms with Gasteiger partial charge in [-0.1, -0.05) is 49.7 Å². The lowest BCUT2D eigenvalue weighted by molar-refractivity contribution is -0.116. The molecular formula is C21H25ClN2O2. The summed E-state index contributed by atoms with van der Waals surface area (Å²) in [5.74, 6) is -0.187. The van der Waals surface area contributed by atoms with Crippen molar-refractivity contribution >= 4 is 29.1 Å². The molecule has 0 unspecified atom stereocenters. The largest absolute Gasteiger partial charge is 0.352 e. The quantitative estimate of drug-likeness (QED) is 0.664. The van der Waals surface area contributed by atoms with Crippen LogP contribution in [-0.2, 0) is 17.6 Å². The average Bonchev–Trinajstić information content (AvgIpc) is 2.66. The van der Waals surface area contributed by atoms with Crippen LogP contribution in [0.5, 0.6) is 0 Å². The zero-order valence-corrected chi connectivity index (χ0v) is 16.0. The zero-order chi connectivity index (χ0) is 18.9. The highest BCUT2D eigenvalue weighted by Crippen LogP contribution is 2.29. The van der Waals surface area contributed by atoms with Crippen molar-refractivity contribution in [2.75, 3.05) is 11.9 Å². The van der Waals surface area contributed by atoms with Gasteiger partial charge in [0.05, 0.1) is 0 Å². The monoisotopic (exact) mass is 372 g/mol. The van der Waals surface area contributed by atoms with E-state index in [1.807, 2.05) is 37.3 Å². The van der Waals surface area contributed by atoms with E-state index >= 15 is 0 Å². The fourth-order valence-corrected chi connectivity index (χ4v) is 3.10. The molecule has 0 aromatic heterocycles. The van der Waals surface area contributed by atoms with Crippen molar-refractivity contribution in [2.24, 2.45) is 0 Å². The molecule has 4 nitrogen and oxygen atoms in total. The number of nitrogens with one attached hydrogen (secondary N) is 2. The van der Waals surface area contributed by atoms with Crippen molar-refractivity contribution in [3.05, 3.63) is 64.2 Å². The molecule has 2 rings (SSSR count). The summed E-state index contributed by atoms with van der Waals surface area (Å²) in [6, 6.07) is 12.9. The molecule has 0 aliphatic heterocycles. The standard InChI is InChI=1S/C21H25ClN2O2/c1-3-15-12-13-18(22)17(4-2)20(15)24-19(25)11-8-14-23-21(26)16-9-6-5-7-10-16/h5-7,9-10,12-13H,3-4,8,11,14H2,1-2H3,(H,23,26)(H,24,25). The second kappa shape index (κ2) is 9.97. The first-order chi connectivity index (χ1) is 12.6. The van der Waals surface area contributed by atoms with E-state index in [1.165, 1.54) is 0 Å². The number of hydrogen-bond acceptors (Lipinski definition) is 2. The van der Waals surface area contributed by atoms with Gasteiger partial charge in [0.15, 0.2) is 0 Å². The summed E-state index contributed by atoms with van der Waals surface area (Å²) < 4.78 is 0. The minimum Gasteiger partial charge on any atom is -0.352 e. The van der Waals surface area contributed by atoms with Crippen LogP contribution in [-0.4, -0.2) is 18.4 Å². The van der Waals surface area contributed by atoms with Crippen molar-refractivity contribution in [1.82, 2.24) is 5.32 Å². The molecule has 0 heterocycles. The van der Waals surface area contributed by atoms with E-state index < -0.39 is 0 Å². The normalized spacial score (nSPS) is 10.4. The van der Waals surface area contributed by atoms with E-state index in [2.05, 4.69) is 17.6 Å². The van der Waals surface area contributed by atoms with E-state index in [4.69, 9.17) is 11.6 Å². The molecule has 0 aliphatic rings. The highest BCUT2D eigenvalue weighted by molar-refractivity contribution is 6.32. The van der Waals surface area contributed by atoms with E-state index in [0.29, 0.717) is 30.0 Å². The molecule has 0 fully saturated rings. The number of carbonyl (C=O) groups is 2. The highest BCUT2D eigenvalue weighted by Gasteiger charge is 2.13. The molecule has 2 N–H and O–H groups in total. The predicted molar refractivity (Wildman–Crippen MR) is 107 cm³/mol. The Morgan fingerprint density at radius 2 is 1.73 bits per heavy atom. The van der Waals surface area contributed by atoms with Gasteiger partial charge < -0.3 is 10.6 Å². The van der Waals surface area contributed by atoms with Gasteiger partial charge >= 0.3 is 0 Å². The van der Waals surface area contributed by atoms with E-state index in [0.717, 1.165) is 29.7 Å². The Hall–Kier alpha value is -2.33. The predicted octanol–water partition coefficient (Wildman–Crippen LogP) is 4.61. The minimum atomic E-state index is -0.123. The molecule has 0 saturated heterocycles. The second-order valence-corrected chi connectivity index (χ2v) is 6.45. The number of aryl methyl sites for hydroxylation is 1. The summed E-state index contributed by atoms with van der Waals surface area (Å²) in [6.07, 6.45) is 2.50. The Labute approximate surface area is 159 Å². The van der Waals surface area contributed by atoms with Crippen molar-refractivity contribution in [2.45, 2.75) is 39.5 Å². The van der Waals surface area contributed by atoms with Crippen LogP contribution in [0.25, 0.3) is 0 Å². The van der Waals surface area contributed by atoms with Crippen LogP contribution in [0.15, 0.2) is 42.5 Å². The van der Waals surface area contributed by atoms with Gasteiger partial charge in [-0.15, -0.1) is 0 Å². The molecular weight excluding hydrogens is 348 g/mol. The number of anilines is 1. The average molecular weight is 373 g/mol. The summed E-state index contributed by atoms with van der Waals surface area (Å²) in [7, 11) is 0. The molecule has 0 radical (unpaired) electrons. The number of halogens is 1. The smallest absolute Gasteiger partial charge is 0.251 e. The van der Waals surface area contributed by atoms with Crippen molar-refractivity contribution < 1.29 is 9.59 Å². The van der Waals surface area contributed by atoms with Gasteiger partial charge in [0.25, 0.3) is 5.91 Å². The fourth-order valence-electron chi connectivity index (χ4n) is 2.81. The van der Waals surface area contributed by atoms with Crippen LogP contribution in [0.4, 0.5) is 5.69 Å². The Morgan fingerprint density at radius 1 is 1.00 bits per heavy atom. The Balaban J connectivity index is 1.86. The molecule has 0 bridgehead atoms. The Morgan fingerprint density at radius 3 is 2.38 bits per heavy atom. The summed E-state index contributed by atoms with van der Waals surface area (Å²) in [5.41, 5.74) is 3.51. The molecule has 0 aliphatic carbocycles. The maximum atomic E-state index is 12.3. The summed E-state index contributed by atoms with van der Waals surface area (Å²) >= 11 is 6.26. The van der Waals surface area contributed by atoms with Crippen molar-refractivity contribution in [1.29, 1.82) is 0 Å². The third-order valence-electron chi connectivity index (χ3n) is 4.24. The van der Waals surface area contributed by atoms with Crippen LogP contribution in [0.1, 0.15) is 48.2 Å². The van der Waals surface area contributed by atoms with Gasteiger partial charge in [0.2, 0.25) is 5.91 Å². The summed E-state index contributed by atoms with van der Waals surface area (Å²) in [5, 5.41) is 6.51. The van der Waals surface area contributed by atoms with Gasteiger partial charge in [-0.05, 0) is 48.6 Å². The number of benzene rings is 2. The molecule has 2 aromatic carbocycles. The van der Waals surface area contributed by atoms with Crippen LogP contribution in [0.2, 0.25) is 5.02 Å². The molecule has 2 aromatic rings. The first-order valence-electron chi connectivity index (χ1n) is 9.00. The zero-order valence-electron chi connectivity index (χ0n) is 15.3. The lowest BCUT2D eigenvalue weighted by Crippen LogP contribution is -2.25. The van der Waals surface area contributed by atoms with Gasteiger partial charge in [-0.25, -0.2) is 0 Å². The second-order valence-electron chi connectivity index (χ2n) is 6.04. The lowest BCUT2D eigenvalue weighted by atomic mass is 10.0. The number of carbonyl (C=O) groups excluding carboxylic acids is 2. The van der Waals surface area contributed by atoms with E-state index in [9.17, 15) is 9.59 Å². The van der Waals surface area contributed by atoms with Crippen LogP contribution in [0, 0.1) is 0 Å². The Bertz CT molecular complexity index is 760. The minimum absolute atomic E-state index is 0.0642. The molecule has 5 heteroatoms. The van der Waals surface area contributed by atoms with Gasteiger partial charge in [-0.2, -0.15) is 0 Å². The van der Waals surface area contributed by atoms with Crippen LogP contribution in [0.3, 0.4) is 0 Å². The van der Waals surface area contributed by atoms with E-state index in [1.54, 1.807) is 12.1 Å². The fraction of sp³-hybridized carbons (Fsp3) is 0.333. The third-order valence-corrected chi connectivity index (χ3v) is 4.60. The first kappa shape index (κ1) is 20.0. The van der Waals surface area contributed by atoms with Crippen molar-refractivity contribution in [3.63, 3.8) is 0 Å². The maximum absolute atomic E-state index is 12.3. The first-order valence-corrected chi connectivity index (χ1v) is 9.37. The third kappa shape index (κ3) is 5.33. The summed E-state index contributed by atoms with van der Waals surface area (Å²) in [6.45, 7) is 4.53. The molecule has 2 amide bonds. The molecule has 26 heavy (non-hydrogen) atoms. The van der Waals surface area contributed by atoms with Crippen molar-refractivity contribution in [3.8, 4) is 0 Å². The summed E-state index contributed by atoms with van der Waals surface area (Å²) in [4.78, 5) is 24.3. The van der Waals surface area contributed by atoms with Gasteiger partial charge in [0, 0.05) is 29.2 Å². The molecule has 138 valence electrons. The SMILES string of the molecule is CCc1ccc(Cl)c(CC)c1NC(=O)CCCNC(=O)c1ccccc1. The highest BCUT2D eigenvalue weighted by atomic mass is 35.5. The van der Waals surface area contributed by atoms with Gasteiger partial charge in [-0.3, -0.25) is 9.59 Å². The molecule has 0 saturated carbocycles. The van der Waals surface area contributed by atoms with Crippen LogP contribution < -0.4 is 10.6 Å². The lowest BCUT2D eigenvalue weighted by Gasteiger charge is -2.16. The van der Waals surface area contributed by atoms with Crippen LogP contribution >= 0.6 is 11.6 Å². The van der Waals surface area contributed by atoms with Gasteiger partial charge in [0.1, 0.15) is 0 Å². The number of rotatable bonds is 8. The molecule has 0 spiro atoms. The Kier molecular flexibility index (Phi) is 7.67. The molecule has 0 atom stereocenters. The van der Waals surface area contributed by atoms with E-state index in [-0.39, 0.29) is 11.8 Å². The number of hydrogen-bond donors (Lipinski definition) is 2. The maximum Gasteiger partial charge on any atom is 0.251 e. The topological polar surface area (TPSA) is 58.2 Å². The number of amides is 2.